The second-order valence-corrected chi connectivity index (χ2v) is 5.45. The smallest absolute Gasteiger partial charge is 0.406 e. The van der Waals surface area contributed by atoms with Crippen molar-refractivity contribution in [3.05, 3.63) is 66.6 Å². The van der Waals surface area contributed by atoms with Crippen LogP contribution in [-0.4, -0.2) is 27.7 Å². The Morgan fingerprint density at radius 3 is 2.78 bits per heavy atom. The van der Waals surface area contributed by atoms with Gasteiger partial charge in [-0.05, 0) is 49.6 Å². The lowest BCUT2D eigenvalue weighted by atomic mass is 10.1. The van der Waals surface area contributed by atoms with Crippen molar-refractivity contribution in [2.24, 2.45) is 4.99 Å². The number of allylic oxidation sites excluding steroid dienone is 3. The fraction of sp³-hybridized carbons (Fsp3) is 0.105. The second kappa shape index (κ2) is 7.45. The van der Waals surface area contributed by atoms with Crippen molar-refractivity contribution in [3.63, 3.8) is 0 Å². The Kier molecular flexibility index (Phi) is 5.07. The monoisotopic (exact) mass is 372 g/mol. The molecule has 0 N–H and O–H groups in total. The number of aromatic nitrogens is 3. The van der Waals surface area contributed by atoms with Gasteiger partial charge in [0.1, 0.15) is 5.75 Å². The molecule has 0 aliphatic heterocycles. The summed E-state index contributed by atoms with van der Waals surface area (Å²) in [6.07, 6.45) is 1.97. The van der Waals surface area contributed by atoms with E-state index in [2.05, 4.69) is 26.5 Å². The number of ether oxygens (including phenoxy) is 1. The van der Waals surface area contributed by atoms with Gasteiger partial charge < -0.3 is 4.74 Å². The zero-order chi connectivity index (χ0) is 19.4. The first-order valence-electron chi connectivity index (χ1n) is 7.91. The Morgan fingerprint density at radius 1 is 1.26 bits per heavy atom. The summed E-state index contributed by atoms with van der Waals surface area (Å²) in [4.78, 5) is 7.94. The third-order valence-electron chi connectivity index (χ3n) is 3.69. The SMILES string of the molecule is C=N/C=C\C(=C/C)c1ccc2ncc(-c3cccc(OC(F)(F)F)c3)n2n1. The van der Waals surface area contributed by atoms with Crippen molar-refractivity contribution in [2.45, 2.75) is 13.3 Å². The number of rotatable bonds is 5. The van der Waals surface area contributed by atoms with Crippen molar-refractivity contribution < 1.29 is 17.9 Å². The lowest BCUT2D eigenvalue weighted by molar-refractivity contribution is -0.274. The molecule has 0 amide bonds. The van der Waals surface area contributed by atoms with E-state index in [1.807, 2.05) is 13.0 Å². The van der Waals surface area contributed by atoms with Crippen LogP contribution in [0.1, 0.15) is 12.6 Å². The lowest BCUT2D eigenvalue weighted by Gasteiger charge is -2.10. The van der Waals surface area contributed by atoms with Gasteiger partial charge in [-0.15, -0.1) is 13.2 Å². The van der Waals surface area contributed by atoms with Gasteiger partial charge in [-0.3, -0.25) is 4.99 Å². The van der Waals surface area contributed by atoms with E-state index in [-0.39, 0.29) is 5.75 Å². The Morgan fingerprint density at radius 2 is 2.07 bits per heavy atom. The van der Waals surface area contributed by atoms with Gasteiger partial charge in [0.2, 0.25) is 0 Å². The largest absolute Gasteiger partial charge is 0.573 e. The number of nitrogens with zero attached hydrogens (tertiary/aromatic N) is 4. The molecule has 0 aliphatic rings. The zero-order valence-electron chi connectivity index (χ0n) is 14.3. The minimum absolute atomic E-state index is 0.305. The van der Waals surface area contributed by atoms with Crippen molar-refractivity contribution in [1.29, 1.82) is 0 Å². The Hall–Kier alpha value is -3.42. The van der Waals surface area contributed by atoms with Crippen LogP contribution in [0.25, 0.3) is 22.5 Å². The van der Waals surface area contributed by atoms with E-state index in [9.17, 15) is 13.2 Å². The fourth-order valence-electron chi connectivity index (χ4n) is 2.54. The van der Waals surface area contributed by atoms with E-state index in [4.69, 9.17) is 0 Å². The number of alkyl halides is 3. The Bertz CT molecular complexity index is 1030. The minimum Gasteiger partial charge on any atom is -0.406 e. The topological polar surface area (TPSA) is 51.8 Å². The summed E-state index contributed by atoms with van der Waals surface area (Å²) in [6, 6.07) is 9.26. The summed E-state index contributed by atoms with van der Waals surface area (Å²) in [5, 5.41) is 4.55. The number of hydrogen-bond donors (Lipinski definition) is 0. The molecule has 0 fully saturated rings. The first-order valence-corrected chi connectivity index (χ1v) is 7.91. The maximum absolute atomic E-state index is 12.5. The molecule has 2 heterocycles. The minimum atomic E-state index is -4.75. The van der Waals surface area contributed by atoms with E-state index in [0.29, 0.717) is 22.6 Å². The molecule has 8 heteroatoms. The maximum Gasteiger partial charge on any atom is 0.573 e. The van der Waals surface area contributed by atoms with Gasteiger partial charge in [-0.25, -0.2) is 9.50 Å². The highest BCUT2D eigenvalue weighted by molar-refractivity contribution is 5.72. The van der Waals surface area contributed by atoms with Gasteiger partial charge in [0.05, 0.1) is 17.6 Å². The molecule has 0 unspecified atom stereocenters. The summed E-state index contributed by atoms with van der Waals surface area (Å²) >= 11 is 0. The predicted molar refractivity (Wildman–Crippen MR) is 97.4 cm³/mol. The summed E-state index contributed by atoms with van der Waals surface area (Å²) < 4.78 is 43.0. The normalized spacial score (nSPS) is 12.7. The molecule has 0 bridgehead atoms. The molecule has 0 atom stereocenters. The molecular weight excluding hydrogens is 357 g/mol. The van der Waals surface area contributed by atoms with E-state index in [0.717, 1.165) is 5.57 Å². The van der Waals surface area contributed by atoms with E-state index in [1.54, 1.807) is 41.2 Å². The van der Waals surface area contributed by atoms with Crippen LogP contribution < -0.4 is 4.74 Å². The van der Waals surface area contributed by atoms with Crippen LogP contribution >= 0.6 is 0 Å². The van der Waals surface area contributed by atoms with Crippen LogP contribution in [0.4, 0.5) is 13.2 Å². The van der Waals surface area contributed by atoms with E-state index in [1.165, 1.54) is 18.2 Å². The Balaban J connectivity index is 2.06. The van der Waals surface area contributed by atoms with Gasteiger partial charge in [-0.1, -0.05) is 18.2 Å². The third kappa shape index (κ3) is 4.22. The molecule has 138 valence electrons. The highest BCUT2D eigenvalue weighted by atomic mass is 19.4. The molecule has 1 aromatic carbocycles. The average Bonchev–Trinajstić information content (AvgIpc) is 3.04. The summed E-state index contributed by atoms with van der Waals surface area (Å²) in [7, 11) is 0. The molecule has 27 heavy (non-hydrogen) atoms. The molecule has 0 spiro atoms. The standard InChI is InChI=1S/C19H15F3N4O/c1-3-13(9-10-23-2)16-7-8-18-24-12-17(26(18)25-16)14-5-4-6-15(11-14)27-19(20,21)22/h3-12H,2H2,1H3/b10-9-,13-3+. The van der Waals surface area contributed by atoms with Gasteiger partial charge >= 0.3 is 6.36 Å². The third-order valence-corrected chi connectivity index (χ3v) is 3.69. The van der Waals surface area contributed by atoms with Gasteiger partial charge in [0.15, 0.2) is 5.65 Å². The van der Waals surface area contributed by atoms with Crippen LogP contribution in [0.5, 0.6) is 5.75 Å². The lowest BCUT2D eigenvalue weighted by Crippen LogP contribution is -2.17. The zero-order valence-corrected chi connectivity index (χ0v) is 14.3. The van der Waals surface area contributed by atoms with Crippen molar-refractivity contribution in [3.8, 4) is 17.0 Å². The number of aliphatic imine (C=N–C) groups is 1. The average molecular weight is 372 g/mol. The highest BCUT2D eigenvalue weighted by Crippen LogP contribution is 2.28. The number of halogens is 3. The van der Waals surface area contributed by atoms with E-state index < -0.39 is 6.36 Å². The first kappa shape index (κ1) is 18.4. The number of benzene rings is 1. The summed E-state index contributed by atoms with van der Waals surface area (Å²) in [5.74, 6) is -0.305. The first-order chi connectivity index (χ1) is 12.9. The molecule has 0 radical (unpaired) electrons. The van der Waals surface area contributed by atoms with Gasteiger partial charge in [0, 0.05) is 11.8 Å². The second-order valence-electron chi connectivity index (χ2n) is 5.45. The fourth-order valence-corrected chi connectivity index (χ4v) is 2.54. The molecule has 0 saturated carbocycles. The van der Waals surface area contributed by atoms with Crippen molar-refractivity contribution >= 4 is 17.9 Å². The number of hydrogen-bond acceptors (Lipinski definition) is 4. The van der Waals surface area contributed by atoms with Crippen LogP contribution in [0.15, 0.2) is 65.9 Å². The number of imidazole rings is 1. The van der Waals surface area contributed by atoms with Crippen molar-refractivity contribution in [1.82, 2.24) is 14.6 Å². The molecule has 2 aromatic heterocycles. The molecule has 5 nitrogen and oxygen atoms in total. The van der Waals surface area contributed by atoms with Crippen molar-refractivity contribution in [2.75, 3.05) is 0 Å². The highest BCUT2D eigenvalue weighted by Gasteiger charge is 2.31. The quantitative estimate of drug-likeness (QED) is 0.472. The van der Waals surface area contributed by atoms with E-state index >= 15 is 0 Å². The number of fused-ring (bicyclic) bond motifs is 1. The van der Waals surface area contributed by atoms with Crippen LogP contribution in [0.3, 0.4) is 0 Å². The molecule has 3 rings (SSSR count). The molecule has 3 aromatic rings. The summed E-state index contributed by atoms with van der Waals surface area (Å²) in [5.41, 5.74) is 3.09. The molecule has 0 saturated heterocycles. The van der Waals surface area contributed by atoms with Gasteiger partial charge in [-0.2, -0.15) is 5.10 Å². The van der Waals surface area contributed by atoms with Gasteiger partial charge in [0.25, 0.3) is 0 Å². The van der Waals surface area contributed by atoms with Crippen LogP contribution in [0.2, 0.25) is 0 Å². The van der Waals surface area contributed by atoms with Crippen LogP contribution in [-0.2, 0) is 0 Å². The summed E-state index contributed by atoms with van der Waals surface area (Å²) in [6.45, 7) is 5.26. The Labute approximate surface area is 153 Å². The molecule has 0 aliphatic carbocycles. The van der Waals surface area contributed by atoms with Crippen LogP contribution in [0, 0.1) is 0 Å². The maximum atomic E-state index is 12.5. The predicted octanol–water partition coefficient (Wildman–Crippen LogP) is 4.91. The molecular formula is C19H15F3N4O.